The maximum atomic E-state index is 13.4. The first-order valence-electron chi connectivity index (χ1n) is 11.5. The van der Waals surface area contributed by atoms with E-state index in [0.717, 1.165) is 11.3 Å². The highest BCUT2D eigenvalue weighted by Crippen LogP contribution is 2.47. The first kappa shape index (κ1) is 24.7. The number of nitrogens with one attached hydrogen (secondary N) is 1. The maximum absolute atomic E-state index is 13.4. The second kappa shape index (κ2) is 9.66. The fourth-order valence-electron chi connectivity index (χ4n) is 4.87. The van der Waals surface area contributed by atoms with Crippen LogP contribution in [0.4, 0.5) is 5.69 Å². The smallest absolute Gasteiger partial charge is 0.336 e. The molecule has 8 heteroatoms. The molecule has 1 heterocycles. The van der Waals surface area contributed by atoms with E-state index < -0.39 is 16.8 Å². The molecule has 0 aromatic heterocycles. The van der Waals surface area contributed by atoms with Crippen molar-refractivity contribution in [3.05, 3.63) is 97.3 Å². The third-order valence-corrected chi connectivity index (χ3v) is 6.75. The van der Waals surface area contributed by atoms with Crippen LogP contribution in [0.3, 0.4) is 0 Å². The van der Waals surface area contributed by atoms with Gasteiger partial charge in [0.25, 0.3) is 5.69 Å². The van der Waals surface area contributed by atoms with Crippen molar-refractivity contribution in [2.75, 3.05) is 6.61 Å². The molecule has 1 aliphatic carbocycles. The van der Waals surface area contributed by atoms with Gasteiger partial charge in [0.2, 0.25) is 0 Å². The molecule has 35 heavy (non-hydrogen) atoms. The zero-order chi connectivity index (χ0) is 25.3. The van der Waals surface area contributed by atoms with Gasteiger partial charge in [-0.2, -0.15) is 0 Å². The number of allylic oxidation sites excluding steroid dienone is 3. The third-order valence-electron chi connectivity index (χ3n) is 6.43. The highest BCUT2D eigenvalue weighted by atomic mass is 35.5. The summed E-state index contributed by atoms with van der Waals surface area (Å²) in [6, 6.07) is 14.1. The average molecular weight is 495 g/mol. The molecule has 0 amide bonds. The van der Waals surface area contributed by atoms with E-state index in [9.17, 15) is 19.7 Å². The molecule has 1 aliphatic heterocycles. The Labute approximate surface area is 209 Å². The van der Waals surface area contributed by atoms with Crippen LogP contribution in [0.2, 0.25) is 5.02 Å². The van der Waals surface area contributed by atoms with Crippen LogP contribution in [-0.2, 0) is 20.7 Å². The predicted molar refractivity (Wildman–Crippen MR) is 133 cm³/mol. The summed E-state index contributed by atoms with van der Waals surface area (Å²) >= 11 is 6.05. The van der Waals surface area contributed by atoms with Gasteiger partial charge < -0.3 is 10.1 Å². The summed E-state index contributed by atoms with van der Waals surface area (Å²) < 4.78 is 5.63. The number of dihydropyridines is 1. The van der Waals surface area contributed by atoms with E-state index in [2.05, 4.69) is 5.32 Å². The number of nitro groups is 1. The van der Waals surface area contributed by atoms with E-state index >= 15 is 0 Å². The molecule has 2 aromatic rings. The Kier molecular flexibility index (Phi) is 6.81. The van der Waals surface area contributed by atoms with Crippen molar-refractivity contribution < 1.29 is 19.2 Å². The van der Waals surface area contributed by atoms with Crippen LogP contribution in [0.5, 0.6) is 0 Å². The van der Waals surface area contributed by atoms with E-state index in [4.69, 9.17) is 16.3 Å². The van der Waals surface area contributed by atoms with Crippen LogP contribution in [-0.4, -0.2) is 23.3 Å². The number of carbonyl (C=O) groups is 2. The molecule has 0 radical (unpaired) electrons. The number of benzene rings is 2. The number of hydrogen-bond acceptors (Lipinski definition) is 6. The van der Waals surface area contributed by atoms with Crippen LogP contribution in [0.15, 0.2) is 71.1 Å². The molecule has 0 spiro atoms. The zero-order valence-corrected chi connectivity index (χ0v) is 20.6. The van der Waals surface area contributed by atoms with Crippen molar-refractivity contribution in [3.8, 4) is 0 Å². The molecule has 182 valence electrons. The standard InChI is InChI=1S/C27H27ClN2O5/c1-16-23(26(32)35-12-11-17-7-5-4-6-8-17)24(18-9-10-19(28)21(13-18)30(33)34)25-20(29-16)14-27(2,3)15-22(25)31/h4-10,13,24,29H,11-12,14-15H2,1-3H3/t24-/m1/s1. The van der Waals surface area contributed by atoms with E-state index in [1.54, 1.807) is 13.0 Å². The minimum atomic E-state index is -0.782. The van der Waals surface area contributed by atoms with Crippen molar-refractivity contribution in [3.63, 3.8) is 0 Å². The topological polar surface area (TPSA) is 98.5 Å². The number of Topliss-reactive ketones (excluding diaryl/α,β-unsaturated/α-hetero) is 1. The van der Waals surface area contributed by atoms with Crippen LogP contribution >= 0.6 is 11.6 Å². The fraction of sp³-hybridized carbons (Fsp3) is 0.333. The van der Waals surface area contributed by atoms with Crippen molar-refractivity contribution in [1.82, 2.24) is 5.32 Å². The van der Waals surface area contributed by atoms with Gasteiger partial charge in [0.15, 0.2) is 5.78 Å². The monoisotopic (exact) mass is 494 g/mol. The van der Waals surface area contributed by atoms with E-state index in [1.165, 1.54) is 12.1 Å². The molecule has 0 bridgehead atoms. The molecular weight excluding hydrogens is 468 g/mol. The number of hydrogen-bond donors (Lipinski definition) is 1. The number of carbonyl (C=O) groups excluding carboxylic acids is 2. The van der Waals surface area contributed by atoms with E-state index in [0.29, 0.717) is 36.1 Å². The number of nitro benzene ring substituents is 1. The zero-order valence-electron chi connectivity index (χ0n) is 19.9. The van der Waals surface area contributed by atoms with Gasteiger partial charge in [0.1, 0.15) is 5.02 Å². The number of rotatable bonds is 6. The Morgan fingerprint density at radius 3 is 2.60 bits per heavy atom. The summed E-state index contributed by atoms with van der Waals surface area (Å²) in [5.74, 6) is -1.43. The van der Waals surface area contributed by atoms with E-state index in [1.807, 2.05) is 44.2 Å². The Hall–Kier alpha value is -3.45. The summed E-state index contributed by atoms with van der Waals surface area (Å²) in [4.78, 5) is 37.7. The lowest BCUT2D eigenvalue weighted by atomic mass is 9.68. The average Bonchev–Trinajstić information content (AvgIpc) is 2.78. The molecule has 7 nitrogen and oxygen atoms in total. The van der Waals surface area contributed by atoms with Crippen LogP contribution < -0.4 is 5.32 Å². The molecular formula is C27H27ClN2O5. The lowest BCUT2D eigenvalue weighted by Gasteiger charge is -2.39. The van der Waals surface area contributed by atoms with E-state index in [-0.39, 0.29) is 34.1 Å². The molecule has 0 fully saturated rings. The number of ether oxygens (including phenoxy) is 1. The van der Waals surface area contributed by atoms with Gasteiger partial charge in [0, 0.05) is 41.8 Å². The van der Waals surface area contributed by atoms with Crippen LogP contribution in [0.1, 0.15) is 50.7 Å². The molecule has 1 N–H and O–H groups in total. The highest BCUT2D eigenvalue weighted by Gasteiger charge is 2.43. The Morgan fingerprint density at radius 2 is 1.91 bits per heavy atom. The van der Waals surface area contributed by atoms with Gasteiger partial charge in [-0.15, -0.1) is 0 Å². The molecule has 4 rings (SSSR count). The molecule has 1 atom stereocenters. The lowest BCUT2D eigenvalue weighted by Crippen LogP contribution is -2.38. The van der Waals surface area contributed by atoms with Gasteiger partial charge in [-0.3, -0.25) is 14.9 Å². The first-order chi connectivity index (χ1) is 16.6. The number of nitrogens with zero attached hydrogens (tertiary/aromatic N) is 1. The van der Waals surface area contributed by atoms with Gasteiger partial charge in [0.05, 0.1) is 17.1 Å². The van der Waals surface area contributed by atoms with Crippen molar-refractivity contribution in [2.45, 2.75) is 46.0 Å². The van der Waals surface area contributed by atoms with Gasteiger partial charge in [-0.25, -0.2) is 4.79 Å². The Morgan fingerprint density at radius 1 is 1.20 bits per heavy atom. The van der Waals surface area contributed by atoms with Crippen LogP contribution in [0.25, 0.3) is 0 Å². The highest BCUT2D eigenvalue weighted by molar-refractivity contribution is 6.32. The minimum absolute atomic E-state index is 0.00863. The summed E-state index contributed by atoms with van der Waals surface area (Å²) in [5, 5.41) is 14.8. The number of ketones is 1. The summed E-state index contributed by atoms with van der Waals surface area (Å²) in [5.41, 5.74) is 3.03. The summed E-state index contributed by atoms with van der Waals surface area (Å²) in [7, 11) is 0. The Balaban J connectivity index is 1.73. The molecule has 0 saturated carbocycles. The second-order valence-corrected chi connectivity index (χ2v) is 10.2. The second-order valence-electron chi connectivity index (χ2n) is 9.77. The van der Waals surface area contributed by atoms with Crippen LogP contribution in [0, 0.1) is 15.5 Å². The predicted octanol–water partition coefficient (Wildman–Crippen LogP) is 5.64. The van der Waals surface area contributed by atoms with Crippen molar-refractivity contribution in [2.24, 2.45) is 5.41 Å². The summed E-state index contributed by atoms with van der Waals surface area (Å²) in [6.45, 7) is 5.97. The Bertz CT molecular complexity index is 1260. The maximum Gasteiger partial charge on any atom is 0.336 e. The lowest BCUT2D eigenvalue weighted by molar-refractivity contribution is -0.384. The molecule has 0 saturated heterocycles. The largest absolute Gasteiger partial charge is 0.462 e. The number of halogens is 1. The molecule has 2 aromatic carbocycles. The van der Waals surface area contributed by atoms with Gasteiger partial charge >= 0.3 is 5.97 Å². The molecule has 0 unspecified atom stereocenters. The van der Waals surface area contributed by atoms with Gasteiger partial charge in [-0.05, 0) is 36.0 Å². The SMILES string of the molecule is CC1=C(C(=O)OCCc2ccccc2)[C@@H](c2ccc(Cl)c([N+](=O)[O-])c2)C2=C(CC(C)(C)CC2=O)N1. The first-order valence-corrected chi connectivity index (χ1v) is 11.8. The molecule has 2 aliphatic rings. The van der Waals surface area contributed by atoms with Gasteiger partial charge in [-0.1, -0.05) is 61.8 Å². The summed E-state index contributed by atoms with van der Waals surface area (Å²) in [6.07, 6.45) is 1.48. The quantitative estimate of drug-likeness (QED) is 0.317. The third kappa shape index (κ3) is 5.15. The normalized spacial score (nSPS) is 19.2. The fourth-order valence-corrected chi connectivity index (χ4v) is 5.06. The van der Waals surface area contributed by atoms with Crippen molar-refractivity contribution in [1.29, 1.82) is 0 Å². The number of esters is 1. The minimum Gasteiger partial charge on any atom is -0.462 e. The van der Waals surface area contributed by atoms with Crippen molar-refractivity contribution >= 4 is 29.0 Å².